The molecule has 0 aliphatic carbocycles. The third-order valence-corrected chi connectivity index (χ3v) is 2.90. The largest absolute Gasteiger partial charge is 0.491 e. The van der Waals surface area contributed by atoms with Crippen LogP contribution in [0.25, 0.3) is 0 Å². The van der Waals surface area contributed by atoms with Gasteiger partial charge in [-0.25, -0.2) is 0 Å². The molecular formula is C15H22N2O3. The summed E-state index contributed by atoms with van der Waals surface area (Å²) >= 11 is 0. The summed E-state index contributed by atoms with van der Waals surface area (Å²) in [5.41, 5.74) is 0.583. The van der Waals surface area contributed by atoms with Gasteiger partial charge in [-0.3, -0.25) is 14.5 Å². The lowest BCUT2D eigenvalue weighted by Crippen LogP contribution is -2.36. The summed E-state index contributed by atoms with van der Waals surface area (Å²) < 4.78 is 5.62. The van der Waals surface area contributed by atoms with E-state index in [0.29, 0.717) is 31.0 Å². The predicted octanol–water partition coefficient (Wildman–Crippen LogP) is 1.29. The molecule has 0 N–H and O–H groups in total. The summed E-state index contributed by atoms with van der Waals surface area (Å²) in [4.78, 5) is 26.4. The maximum absolute atomic E-state index is 11.5. The summed E-state index contributed by atoms with van der Waals surface area (Å²) in [7, 11) is 5.33. The second-order valence-electron chi connectivity index (χ2n) is 4.93. The number of ether oxygens (including phenoxy) is 1. The van der Waals surface area contributed by atoms with E-state index in [9.17, 15) is 9.59 Å². The molecule has 0 fully saturated rings. The predicted molar refractivity (Wildman–Crippen MR) is 78.1 cm³/mol. The van der Waals surface area contributed by atoms with Crippen LogP contribution in [0, 0.1) is 0 Å². The number of hydrogen-bond acceptors (Lipinski definition) is 4. The first kappa shape index (κ1) is 16.2. The van der Waals surface area contributed by atoms with Gasteiger partial charge in [-0.2, -0.15) is 0 Å². The van der Waals surface area contributed by atoms with E-state index in [2.05, 4.69) is 0 Å². The van der Waals surface area contributed by atoms with Crippen LogP contribution in [-0.2, 0) is 4.79 Å². The van der Waals surface area contributed by atoms with Crippen molar-refractivity contribution in [3.63, 3.8) is 0 Å². The van der Waals surface area contributed by atoms with Crippen molar-refractivity contribution in [3.05, 3.63) is 29.8 Å². The van der Waals surface area contributed by atoms with Gasteiger partial charge >= 0.3 is 0 Å². The van der Waals surface area contributed by atoms with Crippen LogP contribution in [0.5, 0.6) is 5.75 Å². The van der Waals surface area contributed by atoms with Gasteiger partial charge in [0, 0.05) is 20.6 Å². The highest BCUT2D eigenvalue weighted by Gasteiger charge is 2.10. The van der Waals surface area contributed by atoms with Gasteiger partial charge in [-0.05, 0) is 26.1 Å². The maximum Gasteiger partial charge on any atom is 0.236 e. The van der Waals surface area contributed by atoms with Gasteiger partial charge in [0.1, 0.15) is 12.4 Å². The van der Waals surface area contributed by atoms with Crippen LogP contribution in [-0.4, -0.2) is 62.3 Å². The maximum atomic E-state index is 11.5. The van der Waals surface area contributed by atoms with E-state index >= 15 is 0 Å². The van der Waals surface area contributed by atoms with E-state index in [-0.39, 0.29) is 11.7 Å². The minimum Gasteiger partial charge on any atom is -0.491 e. The molecule has 0 radical (unpaired) electrons. The molecule has 0 saturated carbocycles. The lowest BCUT2D eigenvalue weighted by atomic mass is 10.1. The van der Waals surface area contributed by atoms with Crippen molar-refractivity contribution in [2.45, 2.75) is 6.92 Å². The molecule has 0 aromatic heterocycles. The summed E-state index contributed by atoms with van der Waals surface area (Å²) in [6.45, 7) is 2.92. The fourth-order valence-corrected chi connectivity index (χ4v) is 1.65. The number of nitrogens with zero attached hydrogens (tertiary/aromatic N) is 2. The fourth-order valence-electron chi connectivity index (χ4n) is 1.65. The first-order chi connectivity index (χ1) is 9.41. The van der Waals surface area contributed by atoms with Gasteiger partial charge in [-0.15, -0.1) is 0 Å². The zero-order valence-corrected chi connectivity index (χ0v) is 12.5. The Morgan fingerprint density at radius 2 is 1.80 bits per heavy atom. The Morgan fingerprint density at radius 1 is 1.15 bits per heavy atom. The zero-order chi connectivity index (χ0) is 15.1. The number of carbonyl (C=O) groups is 2. The van der Waals surface area contributed by atoms with Crippen molar-refractivity contribution >= 4 is 11.7 Å². The quantitative estimate of drug-likeness (QED) is 0.705. The van der Waals surface area contributed by atoms with E-state index in [1.165, 1.54) is 6.92 Å². The lowest BCUT2D eigenvalue weighted by Gasteiger charge is -2.19. The Balaban J connectivity index is 2.45. The number of para-hydroxylation sites is 1. The van der Waals surface area contributed by atoms with Gasteiger partial charge in [0.05, 0.1) is 12.1 Å². The SMILES string of the molecule is CC(=O)c1ccccc1OCCN(C)CC(=O)N(C)C. The van der Waals surface area contributed by atoms with Crippen LogP contribution in [0.15, 0.2) is 24.3 Å². The molecule has 0 saturated heterocycles. The summed E-state index contributed by atoms with van der Waals surface area (Å²) in [5.74, 6) is 0.626. The number of hydrogen-bond donors (Lipinski definition) is 0. The highest BCUT2D eigenvalue weighted by Crippen LogP contribution is 2.18. The molecule has 5 heteroatoms. The number of carbonyl (C=O) groups excluding carboxylic acids is 2. The van der Waals surface area contributed by atoms with Crippen LogP contribution >= 0.6 is 0 Å². The molecule has 0 unspecified atom stereocenters. The number of rotatable bonds is 7. The van der Waals surface area contributed by atoms with Crippen molar-refractivity contribution < 1.29 is 14.3 Å². The van der Waals surface area contributed by atoms with Crippen LogP contribution in [0.1, 0.15) is 17.3 Å². The Bertz CT molecular complexity index is 472. The van der Waals surface area contributed by atoms with Gasteiger partial charge in [0.15, 0.2) is 5.78 Å². The highest BCUT2D eigenvalue weighted by atomic mass is 16.5. The average molecular weight is 278 g/mol. The number of benzene rings is 1. The molecule has 5 nitrogen and oxygen atoms in total. The molecule has 1 aromatic rings. The fraction of sp³-hybridized carbons (Fsp3) is 0.467. The number of amides is 1. The van der Waals surface area contributed by atoms with Crippen LogP contribution in [0.4, 0.5) is 0 Å². The minimum absolute atomic E-state index is 0.0169. The second-order valence-corrected chi connectivity index (χ2v) is 4.93. The van der Waals surface area contributed by atoms with Crippen molar-refractivity contribution in [2.24, 2.45) is 0 Å². The van der Waals surface area contributed by atoms with Gasteiger partial charge in [0.25, 0.3) is 0 Å². The van der Waals surface area contributed by atoms with Crippen LogP contribution < -0.4 is 4.74 Å². The molecule has 1 aromatic carbocycles. The van der Waals surface area contributed by atoms with Gasteiger partial charge in [0.2, 0.25) is 5.91 Å². The standard InChI is InChI=1S/C15H22N2O3/c1-12(18)13-7-5-6-8-14(13)20-10-9-17(4)11-15(19)16(2)3/h5-8H,9-11H2,1-4H3. The smallest absolute Gasteiger partial charge is 0.236 e. The molecule has 0 heterocycles. The topological polar surface area (TPSA) is 49.9 Å². The first-order valence-corrected chi connectivity index (χ1v) is 6.53. The zero-order valence-electron chi connectivity index (χ0n) is 12.5. The van der Waals surface area contributed by atoms with Crippen LogP contribution in [0.3, 0.4) is 0 Å². The summed E-state index contributed by atoms with van der Waals surface area (Å²) in [6.07, 6.45) is 0. The van der Waals surface area contributed by atoms with Crippen LogP contribution in [0.2, 0.25) is 0 Å². The Labute approximate surface area is 120 Å². The number of ketones is 1. The highest BCUT2D eigenvalue weighted by molar-refractivity contribution is 5.96. The normalized spacial score (nSPS) is 10.4. The summed E-state index contributed by atoms with van der Waals surface area (Å²) in [5, 5.41) is 0. The van der Waals surface area contributed by atoms with E-state index in [1.54, 1.807) is 31.1 Å². The van der Waals surface area contributed by atoms with Crippen molar-refractivity contribution in [2.75, 3.05) is 40.8 Å². The lowest BCUT2D eigenvalue weighted by molar-refractivity contribution is -0.129. The van der Waals surface area contributed by atoms with Crippen molar-refractivity contribution in [3.8, 4) is 5.75 Å². The molecular weight excluding hydrogens is 256 g/mol. The molecule has 0 aliphatic rings. The third kappa shape index (κ3) is 5.01. The molecule has 0 spiro atoms. The van der Waals surface area contributed by atoms with Crippen molar-refractivity contribution in [1.82, 2.24) is 9.80 Å². The molecule has 1 amide bonds. The van der Waals surface area contributed by atoms with Crippen molar-refractivity contribution in [1.29, 1.82) is 0 Å². The number of likely N-dealkylation sites (N-methyl/N-ethyl adjacent to an activating group) is 2. The summed E-state index contributed by atoms with van der Waals surface area (Å²) in [6, 6.07) is 7.17. The minimum atomic E-state index is -0.0169. The van der Waals surface area contributed by atoms with Gasteiger partial charge < -0.3 is 9.64 Å². The molecule has 0 aliphatic heterocycles. The van der Waals surface area contributed by atoms with E-state index in [4.69, 9.17) is 4.74 Å². The Morgan fingerprint density at radius 3 is 2.40 bits per heavy atom. The third-order valence-electron chi connectivity index (χ3n) is 2.90. The van der Waals surface area contributed by atoms with Gasteiger partial charge in [-0.1, -0.05) is 12.1 Å². The Hall–Kier alpha value is -1.88. The second kappa shape index (κ2) is 7.65. The molecule has 0 bridgehead atoms. The monoisotopic (exact) mass is 278 g/mol. The average Bonchev–Trinajstić information content (AvgIpc) is 2.38. The Kier molecular flexibility index (Phi) is 6.18. The first-order valence-electron chi connectivity index (χ1n) is 6.53. The number of Topliss-reactive ketones (excluding diaryl/α,β-unsaturated/α-hetero) is 1. The molecule has 20 heavy (non-hydrogen) atoms. The van der Waals surface area contributed by atoms with E-state index < -0.39 is 0 Å². The molecule has 1 rings (SSSR count). The van der Waals surface area contributed by atoms with E-state index in [1.807, 2.05) is 24.1 Å². The van der Waals surface area contributed by atoms with E-state index in [0.717, 1.165) is 0 Å². The molecule has 0 atom stereocenters. The molecule has 110 valence electrons.